The lowest BCUT2D eigenvalue weighted by molar-refractivity contribution is -0.349. The molecule has 324 valence electrons. The van der Waals surface area contributed by atoms with Crippen LogP contribution < -0.4 is 0 Å². The molecule has 0 aliphatic carbocycles. The Hall–Kier alpha value is -1.67. The summed E-state index contributed by atoms with van der Waals surface area (Å²) in [4.78, 5) is 13.6. The van der Waals surface area contributed by atoms with Crippen molar-refractivity contribution in [3.63, 3.8) is 0 Å². The smallest absolute Gasteiger partial charge is 0.330 e. The number of hydrogen-bond acceptors (Lipinski definition) is 11. The Kier molecular flexibility index (Phi) is 21.2. The summed E-state index contributed by atoms with van der Waals surface area (Å²) in [5, 5.41) is 64.7. The Morgan fingerprint density at radius 1 is 0.893 bits per heavy atom. The average Bonchev–Trinajstić information content (AvgIpc) is 3.18. The molecule has 3 heterocycles. The molecule has 2 saturated heterocycles. The molecule has 0 aromatic carbocycles. The van der Waals surface area contributed by atoms with Crippen molar-refractivity contribution in [2.45, 2.75) is 192 Å². The molecule has 3 aliphatic rings. The Labute approximate surface area is 337 Å². The van der Waals surface area contributed by atoms with E-state index in [-0.39, 0.29) is 49.4 Å². The molecule has 0 aromatic rings. The molecule has 0 radical (unpaired) electrons. The maximum atomic E-state index is 13.6. The molecule has 6 N–H and O–H groups in total. The molecule has 2 bridgehead atoms. The van der Waals surface area contributed by atoms with Crippen LogP contribution in [0.3, 0.4) is 0 Å². The van der Waals surface area contributed by atoms with Crippen LogP contribution >= 0.6 is 0 Å². The van der Waals surface area contributed by atoms with Crippen molar-refractivity contribution in [1.29, 1.82) is 0 Å². The number of hydrogen-bond donors (Lipinski definition) is 6. The number of carbonyl (C=O) groups is 1. The Balaban J connectivity index is 1.95. The summed E-state index contributed by atoms with van der Waals surface area (Å²) in [6.45, 7) is 11.6. The highest BCUT2D eigenvalue weighted by Gasteiger charge is 2.52. The average molecular weight is 795 g/mol. The molecule has 1 unspecified atom stereocenters. The van der Waals surface area contributed by atoms with Gasteiger partial charge < -0.3 is 49.6 Å². The van der Waals surface area contributed by atoms with Crippen LogP contribution in [0.15, 0.2) is 36.5 Å². The van der Waals surface area contributed by atoms with Crippen LogP contribution in [0.5, 0.6) is 0 Å². The van der Waals surface area contributed by atoms with E-state index >= 15 is 0 Å². The lowest BCUT2D eigenvalue weighted by Gasteiger charge is -2.52. The van der Waals surface area contributed by atoms with Crippen LogP contribution in [0, 0.1) is 35.5 Å². The molecule has 11 nitrogen and oxygen atoms in total. The van der Waals surface area contributed by atoms with E-state index in [9.17, 15) is 35.4 Å². The summed E-state index contributed by atoms with van der Waals surface area (Å²) in [7, 11) is 1.52. The number of ether oxygens (including phenoxy) is 4. The largest absolute Gasteiger partial charge is 0.459 e. The van der Waals surface area contributed by atoms with E-state index in [1.54, 1.807) is 19.9 Å². The molecule has 3 rings (SSSR count). The van der Waals surface area contributed by atoms with E-state index in [0.717, 1.165) is 19.3 Å². The van der Waals surface area contributed by atoms with Crippen LogP contribution in [0.4, 0.5) is 0 Å². The van der Waals surface area contributed by atoms with Crippen molar-refractivity contribution in [3.8, 4) is 0 Å². The Morgan fingerprint density at radius 3 is 2.27 bits per heavy atom. The van der Waals surface area contributed by atoms with Crippen molar-refractivity contribution in [2.75, 3.05) is 13.7 Å². The maximum absolute atomic E-state index is 13.6. The SMILES string of the molecule is CC[C@@H](O)C[C@@H]1O[C@@]2(CC[C@@H]1C)C[C@@H]1OC(=O)/C=C/[C@H](C)[C@@H](O)[C@@H](C)[C@H](O)C[C@H](OC)CC(O)[C@H](C)[C@H](O)CC/C=C/C=C/[C@H](CC)CC[C@H](O2)[C@H]1CCCO. The number of aliphatic hydroxyl groups excluding tert-OH is 6. The standard InChI is InChI=1S/C45H78O11/c1-8-33-15-12-10-11-13-17-37(48)31(5)38(49)26-35(53-7)27-39(50)32(6)44(52)30(4)18-21-43(51)54-42-28-45(55-40(20-19-33)36(42)16-14-24-46)23-22-29(3)41(56-45)25-34(47)9-2/h10-12,15,18,21,29-42,44,46-50,52H,8-9,13-14,16-17,19-20,22-28H2,1-7H3/b11-10+,15-12+,21-18+/t29-,30-,31+,32-,33-,34+,35+,36+,37+,38?,39+,40-,41-,42-,44+,45-/m0/s1. The van der Waals surface area contributed by atoms with Crippen molar-refractivity contribution in [1.82, 2.24) is 0 Å². The number of esters is 1. The normalized spacial score (nSPS) is 42.7. The Morgan fingerprint density at radius 2 is 1.61 bits per heavy atom. The summed E-state index contributed by atoms with van der Waals surface area (Å²) in [5.74, 6) is -2.65. The van der Waals surface area contributed by atoms with Gasteiger partial charge in [-0.3, -0.25) is 0 Å². The number of fused-ring (bicyclic) bond motifs is 2. The fraction of sp³-hybridized carbons (Fsp3) is 0.844. The fourth-order valence-electron chi connectivity index (χ4n) is 8.74. The highest BCUT2D eigenvalue weighted by Crippen LogP contribution is 2.47. The van der Waals surface area contributed by atoms with Crippen LogP contribution in [0.1, 0.15) is 131 Å². The van der Waals surface area contributed by atoms with Crippen LogP contribution in [-0.2, 0) is 23.7 Å². The Bertz CT molecular complexity index is 1210. The van der Waals surface area contributed by atoms with Crippen LogP contribution in [0.25, 0.3) is 0 Å². The molecule has 0 aromatic heterocycles. The molecule has 0 saturated carbocycles. The zero-order chi connectivity index (χ0) is 41.4. The third-order valence-corrected chi connectivity index (χ3v) is 13.1. The number of methoxy groups -OCH3 is 1. The van der Waals surface area contributed by atoms with E-state index in [4.69, 9.17) is 18.9 Å². The van der Waals surface area contributed by atoms with Gasteiger partial charge in [0.05, 0.1) is 48.8 Å². The molecule has 56 heavy (non-hydrogen) atoms. The second-order valence-corrected chi connectivity index (χ2v) is 17.3. The van der Waals surface area contributed by atoms with Gasteiger partial charge in [0, 0.05) is 56.3 Å². The van der Waals surface area contributed by atoms with Gasteiger partial charge in [0.2, 0.25) is 0 Å². The first-order valence-electron chi connectivity index (χ1n) is 21.8. The number of allylic oxidation sites excluding steroid dienone is 4. The van der Waals surface area contributed by atoms with E-state index in [1.807, 2.05) is 26.0 Å². The van der Waals surface area contributed by atoms with Crippen molar-refractivity contribution < 1.29 is 54.4 Å². The van der Waals surface area contributed by atoms with Crippen molar-refractivity contribution in [2.24, 2.45) is 35.5 Å². The first kappa shape index (κ1) is 48.7. The van der Waals surface area contributed by atoms with E-state index in [1.165, 1.54) is 13.2 Å². The van der Waals surface area contributed by atoms with Gasteiger partial charge in [0.1, 0.15) is 6.10 Å². The van der Waals surface area contributed by atoms with Gasteiger partial charge >= 0.3 is 5.97 Å². The first-order valence-corrected chi connectivity index (χ1v) is 21.8. The lowest BCUT2D eigenvalue weighted by Crippen LogP contribution is -2.58. The summed E-state index contributed by atoms with van der Waals surface area (Å²) < 4.78 is 25.7. The molecule has 1 spiro atoms. The molecular weight excluding hydrogens is 716 g/mol. The van der Waals surface area contributed by atoms with Crippen molar-refractivity contribution >= 4 is 5.97 Å². The third-order valence-electron chi connectivity index (χ3n) is 13.1. The monoisotopic (exact) mass is 795 g/mol. The quantitative estimate of drug-likeness (QED) is 0.155. The molecule has 2 fully saturated rings. The highest BCUT2D eigenvalue weighted by molar-refractivity contribution is 5.82. The molecule has 11 heteroatoms. The topological polar surface area (TPSA) is 175 Å². The zero-order valence-electron chi connectivity index (χ0n) is 35.5. The van der Waals surface area contributed by atoms with E-state index in [0.29, 0.717) is 57.8 Å². The third kappa shape index (κ3) is 14.9. The summed E-state index contributed by atoms with van der Waals surface area (Å²) in [6, 6.07) is 0. The number of rotatable bonds is 8. The predicted octanol–water partition coefficient (Wildman–Crippen LogP) is 6.16. The fourth-order valence-corrected chi connectivity index (χ4v) is 8.74. The maximum Gasteiger partial charge on any atom is 0.330 e. The van der Waals surface area contributed by atoms with Crippen molar-refractivity contribution in [3.05, 3.63) is 36.5 Å². The van der Waals surface area contributed by atoms with Gasteiger partial charge in [-0.25, -0.2) is 4.79 Å². The van der Waals surface area contributed by atoms with E-state index < -0.39 is 72.2 Å². The minimum absolute atomic E-state index is 0.00761. The van der Waals surface area contributed by atoms with Crippen LogP contribution in [-0.4, -0.2) is 111 Å². The van der Waals surface area contributed by atoms with Gasteiger partial charge in [0.15, 0.2) is 5.79 Å². The summed E-state index contributed by atoms with van der Waals surface area (Å²) in [5.41, 5.74) is 0. The molecule has 0 amide bonds. The number of carbonyl (C=O) groups excluding carboxylic acids is 1. The molecular formula is C45H78O11. The minimum Gasteiger partial charge on any atom is -0.459 e. The minimum atomic E-state index is -0.981. The predicted molar refractivity (Wildman–Crippen MR) is 217 cm³/mol. The van der Waals surface area contributed by atoms with Gasteiger partial charge in [-0.05, 0) is 88.9 Å². The summed E-state index contributed by atoms with van der Waals surface area (Å²) >= 11 is 0. The lowest BCUT2D eigenvalue weighted by atomic mass is 9.78. The zero-order valence-corrected chi connectivity index (χ0v) is 35.5. The molecule has 16 atom stereocenters. The highest BCUT2D eigenvalue weighted by atomic mass is 16.7. The van der Waals surface area contributed by atoms with E-state index in [2.05, 4.69) is 26.0 Å². The summed E-state index contributed by atoms with van der Waals surface area (Å²) in [6.07, 6.45) is 13.9. The first-order chi connectivity index (χ1) is 26.7. The second-order valence-electron chi connectivity index (χ2n) is 17.3. The van der Waals surface area contributed by atoms with Crippen LogP contribution in [0.2, 0.25) is 0 Å². The second kappa shape index (κ2) is 24.4. The van der Waals surface area contributed by atoms with Gasteiger partial charge in [0.25, 0.3) is 0 Å². The molecule has 3 aliphatic heterocycles. The van der Waals surface area contributed by atoms with Gasteiger partial charge in [-0.1, -0.05) is 71.9 Å². The number of aliphatic hydroxyl groups is 6. The van der Waals surface area contributed by atoms with Gasteiger partial charge in [-0.15, -0.1) is 0 Å². The van der Waals surface area contributed by atoms with Gasteiger partial charge in [-0.2, -0.15) is 0 Å².